The summed E-state index contributed by atoms with van der Waals surface area (Å²) in [6.07, 6.45) is 0. The third kappa shape index (κ3) is 8.01. The maximum Gasteiger partial charge on any atom is 0.320 e. The molecule has 0 radical (unpaired) electrons. The van der Waals surface area contributed by atoms with Crippen LogP contribution in [-0.4, -0.2) is 50.2 Å². The van der Waals surface area contributed by atoms with Gasteiger partial charge in [-0.1, -0.05) is 0 Å². The summed E-state index contributed by atoms with van der Waals surface area (Å²) in [7, 11) is 3.79. The SMILES string of the molecule is CNCCN(C)CC(=O)OC(C)(C)C. The van der Waals surface area contributed by atoms with E-state index in [9.17, 15) is 4.79 Å². The molecule has 0 aromatic heterocycles. The third-order valence-electron chi connectivity index (χ3n) is 1.56. The van der Waals surface area contributed by atoms with E-state index in [1.807, 2.05) is 39.8 Å². The fraction of sp³-hybridized carbons (Fsp3) is 0.900. The van der Waals surface area contributed by atoms with Crippen molar-refractivity contribution in [1.82, 2.24) is 10.2 Å². The first-order valence-corrected chi connectivity index (χ1v) is 4.90. The molecule has 0 saturated heterocycles. The summed E-state index contributed by atoms with van der Waals surface area (Å²) >= 11 is 0. The first kappa shape index (κ1) is 13.4. The highest BCUT2D eigenvalue weighted by Gasteiger charge is 2.17. The zero-order valence-electron chi connectivity index (χ0n) is 9.89. The van der Waals surface area contributed by atoms with Crippen LogP contribution in [0.4, 0.5) is 0 Å². The molecule has 4 heteroatoms. The van der Waals surface area contributed by atoms with Crippen LogP contribution < -0.4 is 5.32 Å². The van der Waals surface area contributed by atoms with Crippen molar-refractivity contribution < 1.29 is 9.53 Å². The minimum Gasteiger partial charge on any atom is -0.459 e. The van der Waals surface area contributed by atoms with Gasteiger partial charge in [-0.05, 0) is 34.9 Å². The molecule has 0 saturated carbocycles. The zero-order chi connectivity index (χ0) is 11.2. The zero-order valence-corrected chi connectivity index (χ0v) is 9.89. The average Bonchev–Trinajstić information content (AvgIpc) is 1.96. The number of esters is 1. The predicted octanol–water partition coefficient (Wildman–Crippen LogP) is 0.479. The van der Waals surface area contributed by atoms with Crippen molar-refractivity contribution >= 4 is 5.97 Å². The summed E-state index contributed by atoms with van der Waals surface area (Å²) in [6, 6.07) is 0. The summed E-state index contributed by atoms with van der Waals surface area (Å²) in [4.78, 5) is 13.3. The van der Waals surface area contributed by atoms with E-state index in [4.69, 9.17) is 4.74 Å². The topological polar surface area (TPSA) is 41.6 Å². The Bertz CT molecular complexity index is 175. The van der Waals surface area contributed by atoms with Crippen LogP contribution in [0.3, 0.4) is 0 Å². The van der Waals surface area contributed by atoms with Crippen molar-refractivity contribution in [2.45, 2.75) is 26.4 Å². The lowest BCUT2D eigenvalue weighted by Gasteiger charge is -2.22. The number of carbonyl (C=O) groups is 1. The van der Waals surface area contributed by atoms with Crippen LogP contribution in [0.5, 0.6) is 0 Å². The number of rotatable bonds is 5. The van der Waals surface area contributed by atoms with E-state index in [2.05, 4.69) is 5.32 Å². The molecule has 0 heterocycles. The normalized spacial score (nSPS) is 11.9. The molecule has 0 aliphatic heterocycles. The Balaban J connectivity index is 3.71. The van der Waals surface area contributed by atoms with Gasteiger partial charge in [-0.2, -0.15) is 0 Å². The summed E-state index contributed by atoms with van der Waals surface area (Å²) < 4.78 is 5.19. The molecule has 0 amide bonds. The summed E-state index contributed by atoms with van der Waals surface area (Å²) in [5.41, 5.74) is -0.388. The van der Waals surface area contributed by atoms with Gasteiger partial charge in [0.1, 0.15) is 5.60 Å². The number of hydrogen-bond donors (Lipinski definition) is 1. The van der Waals surface area contributed by atoms with E-state index in [1.165, 1.54) is 0 Å². The number of ether oxygens (including phenoxy) is 1. The van der Waals surface area contributed by atoms with Gasteiger partial charge in [0.15, 0.2) is 0 Å². The molecule has 0 aliphatic rings. The Morgan fingerprint density at radius 1 is 1.43 bits per heavy atom. The van der Waals surface area contributed by atoms with Crippen LogP contribution in [0, 0.1) is 0 Å². The van der Waals surface area contributed by atoms with Crippen molar-refractivity contribution in [2.75, 3.05) is 33.7 Å². The Hall–Kier alpha value is -0.610. The smallest absolute Gasteiger partial charge is 0.320 e. The van der Waals surface area contributed by atoms with E-state index in [-0.39, 0.29) is 11.6 Å². The molecule has 1 N–H and O–H groups in total. The van der Waals surface area contributed by atoms with E-state index < -0.39 is 0 Å². The van der Waals surface area contributed by atoms with Crippen LogP contribution in [0.25, 0.3) is 0 Å². The molecule has 0 aromatic carbocycles. The number of carbonyl (C=O) groups excluding carboxylic acids is 1. The summed E-state index contributed by atoms with van der Waals surface area (Å²) in [6.45, 7) is 7.68. The molecule has 0 bridgehead atoms. The highest BCUT2D eigenvalue weighted by molar-refractivity contribution is 5.72. The lowest BCUT2D eigenvalue weighted by Crippen LogP contribution is -2.35. The molecule has 14 heavy (non-hydrogen) atoms. The van der Waals surface area contributed by atoms with Crippen molar-refractivity contribution in [3.8, 4) is 0 Å². The molecule has 0 aliphatic carbocycles. The first-order chi connectivity index (χ1) is 6.35. The molecular weight excluding hydrogens is 180 g/mol. The van der Waals surface area contributed by atoms with Gasteiger partial charge in [0, 0.05) is 13.1 Å². The van der Waals surface area contributed by atoms with E-state index in [0.29, 0.717) is 6.54 Å². The van der Waals surface area contributed by atoms with Crippen molar-refractivity contribution in [3.05, 3.63) is 0 Å². The van der Waals surface area contributed by atoms with Gasteiger partial charge < -0.3 is 10.1 Å². The second-order valence-corrected chi connectivity index (χ2v) is 4.43. The Labute approximate surface area is 86.6 Å². The fourth-order valence-electron chi connectivity index (χ4n) is 0.976. The number of likely N-dealkylation sites (N-methyl/N-ethyl adjacent to an activating group) is 2. The lowest BCUT2D eigenvalue weighted by atomic mass is 10.2. The maximum absolute atomic E-state index is 11.3. The third-order valence-corrected chi connectivity index (χ3v) is 1.56. The van der Waals surface area contributed by atoms with E-state index in [0.717, 1.165) is 13.1 Å². The molecule has 0 unspecified atom stereocenters. The fourth-order valence-corrected chi connectivity index (χ4v) is 0.976. The molecule has 0 rings (SSSR count). The largest absolute Gasteiger partial charge is 0.459 e. The molecule has 0 aromatic rings. The molecule has 0 fully saturated rings. The molecule has 84 valence electrons. The second-order valence-electron chi connectivity index (χ2n) is 4.43. The number of hydrogen-bond acceptors (Lipinski definition) is 4. The van der Waals surface area contributed by atoms with Crippen molar-refractivity contribution in [1.29, 1.82) is 0 Å². The van der Waals surface area contributed by atoms with Gasteiger partial charge in [0.25, 0.3) is 0 Å². The Morgan fingerprint density at radius 2 is 2.00 bits per heavy atom. The molecule has 4 nitrogen and oxygen atoms in total. The van der Waals surface area contributed by atoms with Gasteiger partial charge in [-0.15, -0.1) is 0 Å². The monoisotopic (exact) mass is 202 g/mol. The summed E-state index contributed by atoms with van der Waals surface area (Å²) in [5, 5.41) is 3.03. The van der Waals surface area contributed by atoms with E-state index >= 15 is 0 Å². The van der Waals surface area contributed by atoms with Gasteiger partial charge in [-0.25, -0.2) is 0 Å². The quantitative estimate of drug-likeness (QED) is 0.658. The predicted molar refractivity (Wildman–Crippen MR) is 57.3 cm³/mol. The first-order valence-electron chi connectivity index (χ1n) is 4.90. The van der Waals surface area contributed by atoms with Crippen LogP contribution in [0.2, 0.25) is 0 Å². The lowest BCUT2D eigenvalue weighted by molar-refractivity contribution is -0.155. The average molecular weight is 202 g/mol. The molecule has 0 spiro atoms. The van der Waals surface area contributed by atoms with Crippen molar-refractivity contribution in [2.24, 2.45) is 0 Å². The van der Waals surface area contributed by atoms with Crippen LogP contribution >= 0.6 is 0 Å². The van der Waals surface area contributed by atoms with Gasteiger partial charge in [-0.3, -0.25) is 9.69 Å². The molecule has 0 atom stereocenters. The minimum absolute atomic E-state index is 0.170. The standard InChI is InChI=1S/C10H22N2O2/c1-10(2,3)14-9(13)8-12(5)7-6-11-4/h11H,6-8H2,1-5H3. The molecular formula is C10H22N2O2. The number of nitrogens with one attached hydrogen (secondary N) is 1. The highest BCUT2D eigenvalue weighted by Crippen LogP contribution is 2.06. The summed E-state index contributed by atoms with van der Waals surface area (Å²) in [5.74, 6) is -0.170. The maximum atomic E-state index is 11.3. The van der Waals surface area contributed by atoms with Gasteiger partial charge in [0.2, 0.25) is 0 Å². The van der Waals surface area contributed by atoms with Crippen LogP contribution in [-0.2, 0) is 9.53 Å². The van der Waals surface area contributed by atoms with Gasteiger partial charge >= 0.3 is 5.97 Å². The highest BCUT2D eigenvalue weighted by atomic mass is 16.6. The van der Waals surface area contributed by atoms with Crippen molar-refractivity contribution in [3.63, 3.8) is 0 Å². The number of nitrogens with zero attached hydrogens (tertiary/aromatic N) is 1. The van der Waals surface area contributed by atoms with Gasteiger partial charge in [0.05, 0.1) is 6.54 Å². The minimum atomic E-state index is -0.388. The van der Waals surface area contributed by atoms with Crippen LogP contribution in [0.15, 0.2) is 0 Å². The van der Waals surface area contributed by atoms with Crippen LogP contribution in [0.1, 0.15) is 20.8 Å². The second kappa shape index (κ2) is 5.98. The Morgan fingerprint density at radius 3 is 2.43 bits per heavy atom. The Kier molecular flexibility index (Phi) is 5.72. The van der Waals surface area contributed by atoms with E-state index in [1.54, 1.807) is 0 Å².